The van der Waals surface area contributed by atoms with E-state index in [4.69, 9.17) is 0 Å². The summed E-state index contributed by atoms with van der Waals surface area (Å²) in [6, 6.07) is -0.675. The molecule has 1 saturated heterocycles. The Morgan fingerprint density at radius 2 is 2.11 bits per heavy atom. The Morgan fingerprint density at radius 3 is 2.67 bits per heavy atom. The van der Waals surface area contributed by atoms with Crippen LogP contribution in [0.25, 0.3) is 0 Å². The minimum atomic E-state index is -0.902. The molecule has 2 unspecified atom stereocenters. The van der Waals surface area contributed by atoms with Crippen LogP contribution in [0.1, 0.15) is 33.1 Å². The van der Waals surface area contributed by atoms with E-state index in [0.717, 1.165) is 12.8 Å². The lowest BCUT2D eigenvalue weighted by Gasteiger charge is -2.36. The van der Waals surface area contributed by atoms with Crippen LogP contribution in [0.5, 0.6) is 0 Å². The highest BCUT2D eigenvalue weighted by molar-refractivity contribution is 5.91. The Labute approximate surface area is 108 Å². The Bertz CT molecular complexity index is 360. The van der Waals surface area contributed by atoms with E-state index >= 15 is 0 Å². The summed E-state index contributed by atoms with van der Waals surface area (Å²) in [5.41, 5.74) is 0. The van der Waals surface area contributed by atoms with Crippen molar-refractivity contribution in [1.29, 1.82) is 0 Å². The summed E-state index contributed by atoms with van der Waals surface area (Å²) in [4.78, 5) is 24.6. The molecule has 1 rings (SSSR count). The van der Waals surface area contributed by atoms with Gasteiger partial charge in [-0.25, -0.2) is 4.79 Å². The van der Waals surface area contributed by atoms with E-state index in [0.29, 0.717) is 18.9 Å². The van der Waals surface area contributed by atoms with Gasteiger partial charge in [0, 0.05) is 12.6 Å². The van der Waals surface area contributed by atoms with Gasteiger partial charge in [0.2, 0.25) is 5.91 Å². The predicted molar refractivity (Wildman–Crippen MR) is 70.1 cm³/mol. The van der Waals surface area contributed by atoms with Crippen molar-refractivity contribution < 1.29 is 14.7 Å². The number of allylic oxidation sites excluding steroid dienone is 3. The topological polar surface area (TPSA) is 57.6 Å². The van der Waals surface area contributed by atoms with Crippen molar-refractivity contribution >= 4 is 11.9 Å². The van der Waals surface area contributed by atoms with Crippen molar-refractivity contribution in [2.75, 3.05) is 6.54 Å². The van der Waals surface area contributed by atoms with Gasteiger partial charge in [0.15, 0.2) is 0 Å². The van der Waals surface area contributed by atoms with Gasteiger partial charge < -0.3 is 10.0 Å². The molecule has 1 fully saturated rings. The van der Waals surface area contributed by atoms with Crippen LogP contribution in [-0.4, -0.2) is 34.5 Å². The highest BCUT2D eigenvalue weighted by Crippen LogP contribution is 2.25. The number of carboxylic acids is 1. The molecule has 0 aliphatic carbocycles. The van der Waals surface area contributed by atoms with E-state index in [1.54, 1.807) is 12.2 Å². The molecular formula is C14H21NO3. The van der Waals surface area contributed by atoms with Crippen LogP contribution in [0, 0.1) is 5.92 Å². The number of carbonyl (C=O) groups is 2. The average molecular weight is 251 g/mol. The third-order valence-electron chi connectivity index (χ3n) is 3.40. The molecule has 18 heavy (non-hydrogen) atoms. The molecular weight excluding hydrogens is 230 g/mol. The highest BCUT2D eigenvalue weighted by atomic mass is 16.4. The van der Waals surface area contributed by atoms with Crippen LogP contribution >= 0.6 is 0 Å². The number of hydrogen-bond acceptors (Lipinski definition) is 2. The zero-order valence-corrected chi connectivity index (χ0v) is 11.0. The van der Waals surface area contributed by atoms with Gasteiger partial charge in [-0.3, -0.25) is 4.79 Å². The first kappa shape index (κ1) is 14.5. The number of aliphatic carboxylic acids is 1. The van der Waals surface area contributed by atoms with Gasteiger partial charge in [0.25, 0.3) is 0 Å². The first-order valence-electron chi connectivity index (χ1n) is 6.42. The molecule has 1 amide bonds. The van der Waals surface area contributed by atoms with Crippen LogP contribution < -0.4 is 0 Å². The summed E-state index contributed by atoms with van der Waals surface area (Å²) in [5, 5.41) is 9.21. The summed E-state index contributed by atoms with van der Waals surface area (Å²) in [5.74, 6) is -0.703. The fraction of sp³-hybridized carbons (Fsp3) is 0.571. The lowest BCUT2D eigenvalue weighted by atomic mass is 9.89. The van der Waals surface area contributed by atoms with Crippen LogP contribution in [0.4, 0.5) is 0 Å². The van der Waals surface area contributed by atoms with Crippen LogP contribution in [0.2, 0.25) is 0 Å². The molecule has 100 valence electrons. The summed E-state index contributed by atoms with van der Waals surface area (Å²) in [6.07, 6.45) is 9.09. The van der Waals surface area contributed by atoms with E-state index in [9.17, 15) is 14.7 Å². The van der Waals surface area contributed by atoms with Crippen molar-refractivity contribution in [3.63, 3.8) is 0 Å². The summed E-state index contributed by atoms with van der Waals surface area (Å²) in [6.45, 7) is 4.46. The molecule has 0 aromatic rings. The average Bonchev–Trinajstić information content (AvgIpc) is 2.38. The van der Waals surface area contributed by atoms with Crippen LogP contribution in [0.15, 0.2) is 24.3 Å². The lowest BCUT2D eigenvalue weighted by Crippen LogP contribution is -2.49. The molecule has 2 atom stereocenters. The fourth-order valence-corrected chi connectivity index (χ4v) is 2.25. The number of rotatable bonds is 4. The molecule has 0 aromatic carbocycles. The van der Waals surface area contributed by atoms with Crippen molar-refractivity contribution in [2.24, 2.45) is 5.92 Å². The van der Waals surface area contributed by atoms with E-state index < -0.39 is 12.0 Å². The van der Waals surface area contributed by atoms with Gasteiger partial charge in [-0.1, -0.05) is 31.6 Å². The molecule has 0 saturated carbocycles. The Balaban J connectivity index is 2.73. The molecule has 1 aliphatic rings. The third kappa shape index (κ3) is 3.72. The molecule has 0 radical (unpaired) electrons. The largest absolute Gasteiger partial charge is 0.480 e. The second-order valence-corrected chi connectivity index (χ2v) is 4.57. The molecule has 1 heterocycles. The highest BCUT2D eigenvalue weighted by Gasteiger charge is 2.34. The maximum atomic E-state index is 11.9. The van der Waals surface area contributed by atoms with Crippen LogP contribution in [-0.2, 0) is 9.59 Å². The molecule has 4 heteroatoms. The third-order valence-corrected chi connectivity index (χ3v) is 3.40. The zero-order valence-electron chi connectivity index (χ0n) is 11.0. The maximum Gasteiger partial charge on any atom is 0.326 e. The van der Waals surface area contributed by atoms with Gasteiger partial charge in [-0.2, -0.15) is 0 Å². The molecule has 4 nitrogen and oxygen atoms in total. The van der Waals surface area contributed by atoms with E-state index in [1.807, 2.05) is 13.0 Å². The molecule has 0 bridgehead atoms. The summed E-state index contributed by atoms with van der Waals surface area (Å²) in [7, 11) is 0. The first-order chi connectivity index (χ1) is 8.60. The number of amides is 1. The van der Waals surface area contributed by atoms with Gasteiger partial charge in [0.1, 0.15) is 6.04 Å². The normalized spacial score (nSPS) is 24.9. The molecule has 1 aliphatic heterocycles. The minimum absolute atomic E-state index is 0.213. The van der Waals surface area contributed by atoms with Gasteiger partial charge in [-0.05, 0) is 25.7 Å². The molecule has 0 spiro atoms. The zero-order chi connectivity index (χ0) is 13.5. The second kappa shape index (κ2) is 6.99. The standard InChI is InChI=1S/C14H21NO3/c1-3-5-6-7-13(16)15-9-8-11(4-2)10-12(15)14(17)18/h3,5-7,11-12H,4,8-10H2,1-2H3,(H,17,18)/b5-3?,7-6+. The number of piperidine rings is 1. The first-order valence-corrected chi connectivity index (χ1v) is 6.42. The lowest BCUT2D eigenvalue weighted by molar-refractivity contribution is -0.151. The van der Waals surface area contributed by atoms with E-state index in [2.05, 4.69) is 6.92 Å². The van der Waals surface area contributed by atoms with E-state index in [1.165, 1.54) is 11.0 Å². The minimum Gasteiger partial charge on any atom is -0.480 e. The van der Waals surface area contributed by atoms with Gasteiger partial charge >= 0.3 is 5.97 Å². The van der Waals surface area contributed by atoms with Crippen molar-refractivity contribution in [3.05, 3.63) is 24.3 Å². The number of hydrogen-bond donors (Lipinski definition) is 1. The van der Waals surface area contributed by atoms with Gasteiger partial charge in [0.05, 0.1) is 0 Å². The monoisotopic (exact) mass is 251 g/mol. The second-order valence-electron chi connectivity index (χ2n) is 4.57. The predicted octanol–water partition coefficient (Wildman–Crippen LogP) is 2.22. The molecule has 0 aromatic heterocycles. The number of carbonyl (C=O) groups excluding carboxylic acids is 1. The van der Waals surface area contributed by atoms with Crippen molar-refractivity contribution in [1.82, 2.24) is 4.90 Å². The van der Waals surface area contributed by atoms with Crippen molar-refractivity contribution in [2.45, 2.75) is 39.2 Å². The quantitative estimate of drug-likeness (QED) is 0.615. The Morgan fingerprint density at radius 1 is 1.39 bits per heavy atom. The van der Waals surface area contributed by atoms with Gasteiger partial charge in [-0.15, -0.1) is 0 Å². The number of nitrogens with zero attached hydrogens (tertiary/aromatic N) is 1. The smallest absolute Gasteiger partial charge is 0.326 e. The maximum absolute atomic E-state index is 11.9. The van der Waals surface area contributed by atoms with Crippen LogP contribution in [0.3, 0.4) is 0 Å². The number of carboxylic acid groups (broad SMARTS) is 1. The summed E-state index contributed by atoms with van der Waals surface area (Å²) >= 11 is 0. The SMILES string of the molecule is CC=C/C=C/C(=O)N1CCC(CC)CC1C(=O)O. The van der Waals surface area contributed by atoms with Crippen molar-refractivity contribution in [3.8, 4) is 0 Å². The van der Waals surface area contributed by atoms with E-state index in [-0.39, 0.29) is 5.91 Å². The number of likely N-dealkylation sites (tertiary alicyclic amines) is 1. The molecule has 1 N–H and O–H groups in total. The fourth-order valence-electron chi connectivity index (χ4n) is 2.25. The Kier molecular flexibility index (Phi) is 5.62. The summed E-state index contributed by atoms with van der Waals surface area (Å²) < 4.78 is 0. The Hall–Kier alpha value is -1.58.